The zero-order chi connectivity index (χ0) is 24.5. The molecule has 0 bridgehead atoms. The van der Waals surface area contributed by atoms with Crippen molar-refractivity contribution in [2.45, 2.75) is 58.6 Å². The second-order valence-electron chi connectivity index (χ2n) is 9.95. The Morgan fingerprint density at radius 2 is 1.97 bits per heavy atom. The average Bonchev–Trinajstić information content (AvgIpc) is 3.31. The number of nitrogens with two attached hydrogens (primary N) is 1. The molecule has 1 aliphatic rings. The van der Waals surface area contributed by atoms with E-state index in [-0.39, 0.29) is 12.1 Å². The van der Waals surface area contributed by atoms with Gasteiger partial charge in [0.15, 0.2) is 0 Å². The van der Waals surface area contributed by atoms with E-state index in [4.69, 9.17) is 10.5 Å². The minimum absolute atomic E-state index is 0.0514. The van der Waals surface area contributed by atoms with Gasteiger partial charge in [-0.2, -0.15) is 0 Å². The summed E-state index contributed by atoms with van der Waals surface area (Å²) < 4.78 is 5.82. The van der Waals surface area contributed by atoms with Crippen LogP contribution < -0.4 is 5.73 Å². The molecule has 34 heavy (non-hydrogen) atoms. The Hall–Kier alpha value is -3.54. The number of amides is 2. The van der Waals surface area contributed by atoms with E-state index in [1.165, 1.54) is 22.6 Å². The Morgan fingerprint density at radius 3 is 2.71 bits per heavy atom. The van der Waals surface area contributed by atoms with Crippen molar-refractivity contribution >= 4 is 29.0 Å². The highest BCUT2D eigenvalue weighted by Crippen LogP contribution is 2.37. The molecule has 0 aliphatic heterocycles. The van der Waals surface area contributed by atoms with Gasteiger partial charge in [-0.05, 0) is 81.4 Å². The number of nitrogens with one attached hydrogen (secondary N) is 1. The number of fused-ring (bicyclic) bond motifs is 2. The molecule has 6 nitrogen and oxygen atoms in total. The Kier molecular flexibility index (Phi) is 6.51. The average molecular weight is 460 g/mol. The van der Waals surface area contributed by atoms with Gasteiger partial charge in [-0.1, -0.05) is 36.4 Å². The van der Waals surface area contributed by atoms with Crippen molar-refractivity contribution in [3.8, 4) is 0 Å². The van der Waals surface area contributed by atoms with E-state index in [1.807, 2.05) is 43.9 Å². The largest absolute Gasteiger partial charge is 0.444 e. The summed E-state index contributed by atoms with van der Waals surface area (Å²) in [5.41, 5.74) is 11.4. The molecule has 6 heteroatoms. The number of nitrogens with zero attached hydrogens (tertiary/aromatic N) is 1. The fourth-order valence-electron chi connectivity index (χ4n) is 4.80. The summed E-state index contributed by atoms with van der Waals surface area (Å²) in [6.45, 7) is 8.33. The maximum absolute atomic E-state index is 13.3. The highest BCUT2D eigenvalue weighted by Gasteiger charge is 2.33. The maximum atomic E-state index is 13.3. The number of hydrogen-bond acceptors (Lipinski definition) is 3. The number of H-pyrrole nitrogens is 1. The molecule has 0 radical (unpaired) electrons. The van der Waals surface area contributed by atoms with Gasteiger partial charge in [-0.3, -0.25) is 4.79 Å². The van der Waals surface area contributed by atoms with Crippen LogP contribution in [0, 0.1) is 6.92 Å². The number of carbonyl (C=O) groups is 2. The predicted octanol–water partition coefficient (Wildman–Crippen LogP) is 5.44. The number of benzene rings is 2. The van der Waals surface area contributed by atoms with Gasteiger partial charge in [-0.25, -0.2) is 4.79 Å². The molecule has 3 N–H and O–H groups in total. The molecule has 3 aromatic rings. The van der Waals surface area contributed by atoms with Crippen molar-refractivity contribution in [2.75, 3.05) is 6.54 Å². The van der Waals surface area contributed by atoms with E-state index < -0.39 is 11.5 Å². The Bertz CT molecular complexity index is 1250. The summed E-state index contributed by atoms with van der Waals surface area (Å²) in [5, 5.41) is 1.20. The molecule has 1 unspecified atom stereocenters. The third-order valence-electron chi connectivity index (χ3n) is 6.29. The summed E-state index contributed by atoms with van der Waals surface area (Å²) in [5.74, 6) is -0.470. The number of aromatic amines is 1. The summed E-state index contributed by atoms with van der Waals surface area (Å²) in [6.07, 6.45) is 5.24. The second kappa shape index (κ2) is 9.37. The van der Waals surface area contributed by atoms with Gasteiger partial charge in [0.05, 0.1) is 6.04 Å². The molecule has 2 amide bonds. The predicted molar refractivity (Wildman–Crippen MR) is 135 cm³/mol. The number of ether oxygens (including phenoxy) is 1. The minimum Gasteiger partial charge on any atom is -0.444 e. The van der Waals surface area contributed by atoms with Gasteiger partial charge in [0, 0.05) is 29.2 Å². The molecular weight excluding hydrogens is 426 g/mol. The second-order valence-corrected chi connectivity index (χ2v) is 9.95. The molecule has 1 aliphatic carbocycles. The number of para-hydroxylation sites is 1. The topological polar surface area (TPSA) is 88.4 Å². The van der Waals surface area contributed by atoms with Crippen LogP contribution >= 0.6 is 0 Å². The van der Waals surface area contributed by atoms with Crippen molar-refractivity contribution in [3.63, 3.8) is 0 Å². The van der Waals surface area contributed by atoms with Crippen LogP contribution in [0.3, 0.4) is 0 Å². The van der Waals surface area contributed by atoms with Crippen LogP contribution in [0.2, 0.25) is 0 Å². The summed E-state index contributed by atoms with van der Waals surface area (Å²) in [6, 6.07) is 14.3. The van der Waals surface area contributed by atoms with Gasteiger partial charge in [-0.15, -0.1) is 0 Å². The molecule has 1 heterocycles. The lowest BCUT2D eigenvalue weighted by atomic mass is 10.0. The molecule has 2 aromatic carbocycles. The molecule has 4 rings (SSSR count). The van der Waals surface area contributed by atoms with Crippen molar-refractivity contribution in [1.82, 2.24) is 9.88 Å². The number of primary amides is 1. The van der Waals surface area contributed by atoms with Crippen LogP contribution in [-0.4, -0.2) is 34.0 Å². The molecule has 0 saturated heterocycles. The third-order valence-corrected chi connectivity index (χ3v) is 6.29. The quantitative estimate of drug-likeness (QED) is 0.481. The smallest absolute Gasteiger partial charge is 0.410 e. The van der Waals surface area contributed by atoms with E-state index in [2.05, 4.69) is 36.2 Å². The maximum Gasteiger partial charge on any atom is 0.410 e. The first kappa shape index (κ1) is 23.6. The first-order chi connectivity index (χ1) is 16.1. The van der Waals surface area contributed by atoms with Crippen molar-refractivity contribution in [3.05, 3.63) is 76.5 Å². The van der Waals surface area contributed by atoms with Crippen molar-refractivity contribution in [1.29, 1.82) is 0 Å². The van der Waals surface area contributed by atoms with Crippen LogP contribution in [0.4, 0.5) is 4.79 Å². The zero-order valence-electron chi connectivity index (χ0n) is 20.4. The van der Waals surface area contributed by atoms with Crippen LogP contribution in [0.1, 0.15) is 61.2 Å². The summed E-state index contributed by atoms with van der Waals surface area (Å²) in [7, 11) is 0. The minimum atomic E-state index is -0.573. The number of aryl methyl sites for hydroxylation is 2. The van der Waals surface area contributed by atoms with Crippen LogP contribution in [0.15, 0.2) is 48.5 Å². The summed E-state index contributed by atoms with van der Waals surface area (Å²) >= 11 is 0. The molecule has 0 spiro atoms. The van der Waals surface area contributed by atoms with Gasteiger partial charge < -0.3 is 20.4 Å². The first-order valence-corrected chi connectivity index (χ1v) is 11.8. The van der Waals surface area contributed by atoms with Gasteiger partial charge in [0.25, 0.3) is 0 Å². The van der Waals surface area contributed by atoms with E-state index in [0.717, 1.165) is 41.6 Å². The Balaban J connectivity index is 1.62. The Labute approximate surface area is 200 Å². The fourth-order valence-corrected chi connectivity index (χ4v) is 4.80. The van der Waals surface area contributed by atoms with E-state index >= 15 is 0 Å². The molecule has 1 atom stereocenters. The zero-order valence-corrected chi connectivity index (χ0v) is 20.4. The lowest BCUT2D eigenvalue weighted by molar-refractivity contribution is -0.113. The molecule has 178 valence electrons. The highest BCUT2D eigenvalue weighted by atomic mass is 16.6. The third kappa shape index (κ3) is 5.16. The lowest BCUT2D eigenvalue weighted by Gasteiger charge is -2.32. The van der Waals surface area contributed by atoms with Crippen LogP contribution in [-0.2, 0) is 22.4 Å². The fraction of sp³-hybridized carbons (Fsp3) is 0.357. The molecule has 0 fully saturated rings. The molecule has 1 aromatic heterocycles. The van der Waals surface area contributed by atoms with E-state index in [9.17, 15) is 9.59 Å². The summed E-state index contributed by atoms with van der Waals surface area (Å²) in [4.78, 5) is 29.8. The number of hydrogen-bond donors (Lipinski definition) is 2. The van der Waals surface area contributed by atoms with E-state index in [0.29, 0.717) is 6.54 Å². The van der Waals surface area contributed by atoms with Crippen LogP contribution in [0.25, 0.3) is 17.0 Å². The molecular formula is C28H33N3O3. The van der Waals surface area contributed by atoms with Crippen LogP contribution in [0.5, 0.6) is 0 Å². The number of aromatic nitrogens is 1. The van der Waals surface area contributed by atoms with Crippen molar-refractivity contribution < 1.29 is 14.3 Å². The molecule has 0 saturated carbocycles. The van der Waals surface area contributed by atoms with Gasteiger partial charge >= 0.3 is 6.09 Å². The Morgan fingerprint density at radius 1 is 1.21 bits per heavy atom. The standard InChI is InChI=1S/C28H33N3O3/c1-18-21(23-7-5-6-8-24(23)30-18)15-16-31(27(33)34-28(2,3)4)25-13-11-20-17-19(9-12-22(20)25)10-14-26(29)32/h5-10,12,14,17,25,30H,11,13,15-16H2,1-4H3,(H2,29,32)/b14-10+. The normalized spacial score (nSPS) is 15.6. The SMILES string of the molecule is Cc1[nH]c2ccccc2c1CCN(C(=O)OC(C)(C)C)C1CCc2cc(/C=C/C(N)=O)ccc21. The highest BCUT2D eigenvalue weighted by molar-refractivity contribution is 5.90. The van der Waals surface area contributed by atoms with Gasteiger partial charge in [0.2, 0.25) is 5.91 Å². The first-order valence-electron chi connectivity index (χ1n) is 11.8. The van der Waals surface area contributed by atoms with E-state index in [1.54, 1.807) is 6.08 Å². The number of carbonyl (C=O) groups excluding carboxylic acids is 2. The number of rotatable bonds is 6. The van der Waals surface area contributed by atoms with Crippen molar-refractivity contribution in [2.24, 2.45) is 5.73 Å². The lowest BCUT2D eigenvalue weighted by Crippen LogP contribution is -2.40. The monoisotopic (exact) mass is 459 g/mol. The van der Waals surface area contributed by atoms with Gasteiger partial charge in [0.1, 0.15) is 5.60 Å².